The summed E-state index contributed by atoms with van der Waals surface area (Å²) in [6.45, 7) is 13.4. The number of allylic oxidation sites excluding steroid dienone is 2. The average Bonchev–Trinajstić information content (AvgIpc) is 2.83. The molecule has 4 aliphatic carbocycles. The van der Waals surface area contributed by atoms with Gasteiger partial charge in [-0.15, -0.1) is 0 Å². The van der Waals surface area contributed by atoms with Crippen LogP contribution in [-0.2, 0) is 14.9 Å². The van der Waals surface area contributed by atoms with Crippen molar-refractivity contribution in [1.82, 2.24) is 0 Å². The molecule has 0 spiro atoms. The van der Waals surface area contributed by atoms with Gasteiger partial charge in [0.2, 0.25) is 0 Å². The molecule has 0 radical (unpaired) electrons. The Morgan fingerprint density at radius 2 is 1.67 bits per heavy atom. The molecule has 0 saturated heterocycles. The Morgan fingerprint density at radius 3 is 2.31 bits per heavy atom. The highest BCUT2D eigenvalue weighted by Gasteiger charge is 2.67. The number of methoxy groups -OCH3 is 2. The Balaban J connectivity index is 1.65. The van der Waals surface area contributed by atoms with Crippen molar-refractivity contribution in [3.8, 4) is 11.5 Å². The minimum absolute atomic E-state index is 0.00938. The van der Waals surface area contributed by atoms with Crippen LogP contribution in [0, 0.1) is 34.5 Å². The van der Waals surface area contributed by atoms with Gasteiger partial charge in [-0.3, -0.25) is 9.59 Å². The minimum Gasteiger partial charge on any atom is -0.504 e. The predicted molar refractivity (Wildman–Crippen MR) is 139 cm³/mol. The highest BCUT2D eigenvalue weighted by molar-refractivity contribution is 6.10. The number of ether oxygens (including phenoxy) is 2. The molecule has 6 unspecified atom stereocenters. The van der Waals surface area contributed by atoms with E-state index in [2.05, 4.69) is 34.6 Å². The topological polar surface area (TPSA) is 72.8 Å². The van der Waals surface area contributed by atoms with Gasteiger partial charge in [-0.1, -0.05) is 27.7 Å². The van der Waals surface area contributed by atoms with Crippen molar-refractivity contribution in [3.63, 3.8) is 0 Å². The van der Waals surface area contributed by atoms with Crippen molar-refractivity contribution < 1.29 is 24.2 Å². The van der Waals surface area contributed by atoms with Gasteiger partial charge in [0.1, 0.15) is 0 Å². The molecule has 0 amide bonds. The van der Waals surface area contributed by atoms with E-state index in [1.807, 2.05) is 13.0 Å². The first-order valence-electron chi connectivity index (χ1n) is 13.5. The molecule has 5 nitrogen and oxygen atoms in total. The lowest BCUT2D eigenvalue weighted by Crippen LogP contribution is -2.62. The molecule has 3 saturated carbocycles. The number of hydrogen-bond donors (Lipinski definition) is 1. The van der Waals surface area contributed by atoms with Crippen LogP contribution < -0.4 is 4.74 Å². The SMILES string of the molecule is COC(=O)C1(C)CCC2(C)CCC3(C)C4=CC(=O)c5c(cc(O)c(OC)c5C)C4(C)CCC3(C)C2C1. The minimum atomic E-state index is -0.468. The number of hydrogen-bond acceptors (Lipinski definition) is 5. The summed E-state index contributed by atoms with van der Waals surface area (Å²) in [5.74, 6) is 0.749. The molecule has 1 aromatic carbocycles. The van der Waals surface area contributed by atoms with Crippen LogP contribution in [0.5, 0.6) is 11.5 Å². The second-order valence-corrected chi connectivity index (χ2v) is 13.4. The molecule has 1 aromatic rings. The van der Waals surface area contributed by atoms with Gasteiger partial charge in [0.15, 0.2) is 17.3 Å². The quantitative estimate of drug-likeness (QED) is 0.465. The number of ketones is 1. The van der Waals surface area contributed by atoms with Crippen LogP contribution in [0.1, 0.15) is 101 Å². The number of esters is 1. The maximum absolute atomic E-state index is 13.7. The zero-order valence-electron chi connectivity index (χ0n) is 23.3. The van der Waals surface area contributed by atoms with E-state index in [1.54, 1.807) is 6.07 Å². The van der Waals surface area contributed by atoms with Gasteiger partial charge in [0.25, 0.3) is 0 Å². The molecule has 5 rings (SSSR count). The second-order valence-electron chi connectivity index (χ2n) is 13.4. The fourth-order valence-corrected chi connectivity index (χ4v) is 9.21. The normalized spacial score (nSPS) is 41.3. The maximum atomic E-state index is 13.7. The van der Waals surface area contributed by atoms with Gasteiger partial charge in [0, 0.05) is 16.5 Å². The van der Waals surface area contributed by atoms with Crippen molar-refractivity contribution in [2.75, 3.05) is 14.2 Å². The van der Waals surface area contributed by atoms with Crippen LogP contribution in [-0.4, -0.2) is 31.1 Å². The number of phenols is 1. The molecule has 196 valence electrons. The Labute approximate surface area is 215 Å². The zero-order chi connectivity index (χ0) is 26.5. The number of benzene rings is 1. The molecular weight excluding hydrogens is 452 g/mol. The Kier molecular flexibility index (Phi) is 5.36. The monoisotopic (exact) mass is 494 g/mol. The molecule has 36 heavy (non-hydrogen) atoms. The third-order valence-electron chi connectivity index (χ3n) is 11.8. The first-order chi connectivity index (χ1) is 16.7. The van der Waals surface area contributed by atoms with Gasteiger partial charge in [-0.05, 0) is 104 Å². The summed E-state index contributed by atoms with van der Waals surface area (Å²) >= 11 is 0. The summed E-state index contributed by atoms with van der Waals surface area (Å²) < 4.78 is 10.7. The van der Waals surface area contributed by atoms with Crippen molar-refractivity contribution in [3.05, 3.63) is 34.4 Å². The zero-order valence-corrected chi connectivity index (χ0v) is 23.3. The van der Waals surface area contributed by atoms with Gasteiger partial charge in [0.05, 0.1) is 19.6 Å². The maximum Gasteiger partial charge on any atom is 0.311 e. The molecule has 0 heterocycles. The summed E-state index contributed by atoms with van der Waals surface area (Å²) in [5, 5.41) is 10.8. The highest BCUT2D eigenvalue weighted by atomic mass is 16.5. The fourth-order valence-electron chi connectivity index (χ4n) is 9.21. The third-order valence-corrected chi connectivity index (χ3v) is 11.8. The molecule has 6 atom stereocenters. The number of aromatic hydroxyl groups is 1. The standard InChI is InChI=1S/C31H42O5/c1-18-24-19(15-21(33)25(18)35-7)29(4)12-14-31(6)23-17-28(3,26(34)36-8)10-9-27(23,2)11-13-30(31,5)22(29)16-20(24)32/h15-16,23,33H,9-14,17H2,1-8H3. The van der Waals surface area contributed by atoms with Crippen molar-refractivity contribution in [2.45, 2.75) is 91.9 Å². The van der Waals surface area contributed by atoms with E-state index < -0.39 is 5.41 Å². The van der Waals surface area contributed by atoms with E-state index in [4.69, 9.17) is 9.47 Å². The summed E-state index contributed by atoms with van der Waals surface area (Å²) in [6, 6.07) is 1.78. The van der Waals surface area contributed by atoms with E-state index >= 15 is 0 Å². The van der Waals surface area contributed by atoms with Crippen molar-refractivity contribution in [2.24, 2.45) is 27.6 Å². The Hall–Kier alpha value is -2.30. The van der Waals surface area contributed by atoms with Gasteiger partial charge >= 0.3 is 5.97 Å². The number of carbonyl (C=O) groups excluding carboxylic acids is 2. The van der Waals surface area contributed by atoms with E-state index in [1.165, 1.54) is 19.8 Å². The number of phenolic OH excluding ortho intramolecular Hbond substituents is 1. The van der Waals surface area contributed by atoms with Crippen molar-refractivity contribution >= 4 is 11.8 Å². The van der Waals surface area contributed by atoms with E-state index in [0.717, 1.165) is 50.5 Å². The van der Waals surface area contributed by atoms with Crippen LogP contribution in [0.3, 0.4) is 0 Å². The Morgan fingerprint density at radius 1 is 1.00 bits per heavy atom. The molecule has 0 aromatic heterocycles. The van der Waals surface area contributed by atoms with E-state index in [0.29, 0.717) is 22.8 Å². The number of rotatable bonds is 2. The average molecular weight is 495 g/mol. The molecule has 0 bridgehead atoms. The molecule has 0 aliphatic heterocycles. The molecule has 3 fully saturated rings. The van der Waals surface area contributed by atoms with Crippen LogP contribution in [0.15, 0.2) is 17.7 Å². The lowest BCUT2D eigenvalue weighted by Gasteiger charge is -2.69. The van der Waals surface area contributed by atoms with Crippen molar-refractivity contribution in [1.29, 1.82) is 0 Å². The van der Waals surface area contributed by atoms with E-state index in [-0.39, 0.29) is 39.2 Å². The van der Waals surface area contributed by atoms with Crippen LogP contribution >= 0.6 is 0 Å². The number of fused-ring (bicyclic) bond motifs is 7. The van der Waals surface area contributed by atoms with Gasteiger partial charge < -0.3 is 14.6 Å². The fraction of sp³-hybridized carbons (Fsp3) is 0.677. The second kappa shape index (κ2) is 7.61. The van der Waals surface area contributed by atoms with Crippen LogP contribution in [0.2, 0.25) is 0 Å². The Bertz CT molecular complexity index is 1200. The van der Waals surface area contributed by atoms with Crippen LogP contribution in [0.4, 0.5) is 0 Å². The summed E-state index contributed by atoms with van der Waals surface area (Å²) in [4.78, 5) is 26.6. The van der Waals surface area contributed by atoms with E-state index in [9.17, 15) is 14.7 Å². The smallest absolute Gasteiger partial charge is 0.311 e. The third kappa shape index (κ3) is 2.95. The predicted octanol–water partition coefficient (Wildman–Crippen LogP) is 6.68. The molecule has 5 heteroatoms. The van der Waals surface area contributed by atoms with Gasteiger partial charge in [-0.2, -0.15) is 0 Å². The summed E-state index contributed by atoms with van der Waals surface area (Å²) in [6.07, 6.45) is 8.67. The first kappa shape index (κ1) is 25.4. The van der Waals surface area contributed by atoms with Crippen LogP contribution in [0.25, 0.3) is 0 Å². The first-order valence-corrected chi connectivity index (χ1v) is 13.5. The summed E-state index contributed by atoms with van der Waals surface area (Å²) in [7, 11) is 3.03. The summed E-state index contributed by atoms with van der Waals surface area (Å²) in [5.41, 5.74) is 2.67. The largest absolute Gasteiger partial charge is 0.504 e. The molecule has 1 N–H and O–H groups in total. The number of carbonyl (C=O) groups is 2. The lowest BCUT2D eigenvalue weighted by atomic mass is 9.34. The lowest BCUT2D eigenvalue weighted by molar-refractivity contribution is -0.179. The van der Waals surface area contributed by atoms with Gasteiger partial charge in [-0.25, -0.2) is 0 Å². The highest BCUT2D eigenvalue weighted by Crippen LogP contribution is 2.74. The molecule has 4 aliphatic rings. The molecular formula is C31H42O5.